The van der Waals surface area contributed by atoms with Gasteiger partial charge in [0, 0.05) is 0 Å². The van der Waals surface area contributed by atoms with Gasteiger partial charge in [0.05, 0.1) is 28.3 Å². The third-order valence-electron chi connectivity index (χ3n) is 3.89. The lowest BCUT2D eigenvalue weighted by Gasteiger charge is -2.08. The van der Waals surface area contributed by atoms with Crippen molar-refractivity contribution < 1.29 is 19.3 Å². The van der Waals surface area contributed by atoms with Gasteiger partial charge in [-0.15, -0.1) is 0 Å². The number of halogens is 2. The van der Waals surface area contributed by atoms with E-state index in [9.17, 15) is 15.2 Å². The van der Waals surface area contributed by atoms with Gasteiger partial charge in [0.1, 0.15) is 10.7 Å². The number of nitro benzene ring substituents is 1. The zero-order chi connectivity index (χ0) is 19.9. The Labute approximate surface area is 162 Å². The quantitative estimate of drug-likeness (QED) is 0.382. The number of hydrogen-bond acceptors (Lipinski definition) is 8. The third-order valence-corrected chi connectivity index (χ3v) is 4.72. The molecule has 2 heterocycles. The molecule has 3 aromatic rings. The van der Waals surface area contributed by atoms with E-state index in [0.717, 1.165) is 0 Å². The van der Waals surface area contributed by atoms with Crippen molar-refractivity contribution in [2.45, 2.75) is 13.8 Å². The molecule has 0 bridgehead atoms. The maximum atomic E-state index is 11.4. The summed E-state index contributed by atoms with van der Waals surface area (Å²) in [6, 6.07) is 2.69. The monoisotopic (exact) mass is 410 g/mol. The van der Waals surface area contributed by atoms with E-state index < -0.39 is 16.4 Å². The molecule has 0 atom stereocenters. The SMILES string of the molecule is COc1ccc(-c2nc(-c3c(Cl)nc(C)c(Cl)c3C)no2)c([N+](=O)[O-])c1O. The molecule has 0 amide bonds. The molecule has 0 saturated heterocycles. The minimum atomic E-state index is -0.764. The summed E-state index contributed by atoms with van der Waals surface area (Å²) >= 11 is 12.4. The number of methoxy groups -OCH3 is 1. The smallest absolute Gasteiger partial charge is 0.327 e. The number of pyridine rings is 1. The fraction of sp³-hybridized carbons (Fsp3) is 0.188. The second kappa shape index (κ2) is 7.01. The van der Waals surface area contributed by atoms with Gasteiger partial charge in [-0.2, -0.15) is 4.98 Å². The first-order valence-electron chi connectivity index (χ1n) is 7.47. The van der Waals surface area contributed by atoms with Crippen molar-refractivity contribution in [3.8, 4) is 34.3 Å². The zero-order valence-corrected chi connectivity index (χ0v) is 15.8. The molecule has 0 saturated carbocycles. The summed E-state index contributed by atoms with van der Waals surface area (Å²) in [7, 11) is 1.28. The van der Waals surface area contributed by atoms with Gasteiger partial charge in [-0.05, 0) is 31.5 Å². The summed E-state index contributed by atoms with van der Waals surface area (Å²) in [6.07, 6.45) is 0. The first kappa shape index (κ1) is 18.9. The van der Waals surface area contributed by atoms with Crippen LogP contribution in [-0.2, 0) is 0 Å². The van der Waals surface area contributed by atoms with Gasteiger partial charge in [0.25, 0.3) is 5.89 Å². The van der Waals surface area contributed by atoms with Crippen LogP contribution in [0.1, 0.15) is 11.3 Å². The minimum Gasteiger partial charge on any atom is -0.499 e. The first-order valence-corrected chi connectivity index (χ1v) is 8.22. The molecule has 140 valence electrons. The molecule has 1 aromatic carbocycles. The number of aryl methyl sites for hydroxylation is 1. The molecule has 27 heavy (non-hydrogen) atoms. The molecule has 0 aliphatic rings. The summed E-state index contributed by atoms with van der Waals surface area (Å²) in [5.41, 5.74) is 0.794. The second-order valence-electron chi connectivity index (χ2n) is 5.49. The molecule has 0 unspecified atom stereocenters. The largest absolute Gasteiger partial charge is 0.499 e. The predicted molar refractivity (Wildman–Crippen MR) is 97.3 cm³/mol. The van der Waals surface area contributed by atoms with Crippen LogP contribution < -0.4 is 4.74 Å². The van der Waals surface area contributed by atoms with E-state index in [2.05, 4.69) is 15.1 Å². The van der Waals surface area contributed by atoms with E-state index in [0.29, 0.717) is 21.8 Å². The molecular formula is C16H12Cl2N4O5. The molecule has 11 heteroatoms. The Morgan fingerprint density at radius 2 is 1.96 bits per heavy atom. The summed E-state index contributed by atoms with van der Waals surface area (Å²) < 4.78 is 10.1. The van der Waals surface area contributed by atoms with Gasteiger partial charge in [-0.3, -0.25) is 10.1 Å². The second-order valence-corrected chi connectivity index (χ2v) is 6.23. The van der Waals surface area contributed by atoms with Crippen LogP contribution in [0.3, 0.4) is 0 Å². The Balaban J connectivity index is 2.18. The standard InChI is InChI=1S/C16H12Cl2N4O5/c1-6-10(14(18)19-7(2)11(6)17)15-20-16(27-21-15)8-4-5-9(26-3)13(23)12(8)22(24)25/h4-5,23H,1-3H3. The van der Waals surface area contributed by atoms with Crippen LogP contribution in [0.15, 0.2) is 16.7 Å². The summed E-state index contributed by atoms with van der Waals surface area (Å²) in [6.45, 7) is 3.42. The van der Waals surface area contributed by atoms with Crippen molar-refractivity contribution in [2.24, 2.45) is 0 Å². The van der Waals surface area contributed by atoms with E-state index in [1.165, 1.54) is 19.2 Å². The summed E-state index contributed by atoms with van der Waals surface area (Å²) in [4.78, 5) is 18.9. The number of rotatable bonds is 4. The van der Waals surface area contributed by atoms with E-state index >= 15 is 0 Å². The molecule has 9 nitrogen and oxygen atoms in total. The number of aromatic nitrogens is 3. The Morgan fingerprint density at radius 1 is 1.26 bits per heavy atom. The van der Waals surface area contributed by atoms with Gasteiger partial charge in [0.15, 0.2) is 5.75 Å². The summed E-state index contributed by atoms with van der Waals surface area (Å²) in [5.74, 6) is -0.819. The number of phenolic OH excluding ortho intramolecular Hbond substituents is 1. The third kappa shape index (κ3) is 3.15. The topological polar surface area (TPSA) is 124 Å². The van der Waals surface area contributed by atoms with Crippen LogP contribution >= 0.6 is 23.2 Å². The van der Waals surface area contributed by atoms with E-state index in [4.69, 9.17) is 32.5 Å². The number of benzene rings is 1. The molecule has 3 rings (SSSR count). The fourth-order valence-corrected chi connectivity index (χ4v) is 3.06. The van der Waals surface area contributed by atoms with Crippen molar-refractivity contribution in [2.75, 3.05) is 7.11 Å². The van der Waals surface area contributed by atoms with Crippen LogP contribution in [0, 0.1) is 24.0 Å². The Kier molecular flexibility index (Phi) is 4.90. The van der Waals surface area contributed by atoms with Crippen molar-refractivity contribution in [3.05, 3.63) is 43.7 Å². The molecule has 2 aromatic heterocycles. The van der Waals surface area contributed by atoms with Crippen molar-refractivity contribution in [1.29, 1.82) is 0 Å². The lowest BCUT2D eigenvalue weighted by molar-refractivity contribution is -0.385. The average molecular weight is 411 g/mol. The van der Waals surface area contributed by atoms with Gasteiger partial charge >= 0.3 is 5.69 Å². The predicted octanol–water partition coefficient (Wildman–Crippen LogP) is 4.34. The highest BCUT2D eigenvalue weighted by Gasteiger charge is 2.29. The highest BCUT2D eigenvalue weighted by molar-refractivity contribution is 6.35. The van der Waals surface area contributed by atoms with E-state index in [1.807, 2.05) is 0 Å². The molecule has 0 spiro atoms. The van der Waals surface area contributed by atoms with Gasteiger partial charge < -0.3 is 14.4 Å². The number of nitrogens with zero attached hydrogens (tertiary/aromatic N) is 4. The van der Waals surface area contributed by atoms with Crippen LogP contribution in [0.2, 0.25) is 10.2 Å². The van der Waals surface area contributed by atoms with Crippen molar-refractivity contribution in [1.82, 2.24) is 15.1 Å². The normalized spacial score (nSPS) is 10.9. The minimum absolute atomic E-state index is 0.0569. The molecule has 0 radical (unpaired) electrons. The fourth-order valence-electron chi connectivity index (χ4n) is 2.57. The Bertz CT molecular complexity index is 1070. The van der Waals surface area contributed by atoms with Crippen LogP contribution in [-0.4, -0.2) is 32.3 Å². The number of aromatic hydroxyl groups is 1. The molecular weight excluding hydrogens is 399 g/mol. The number of ether oxygens (including phenoxy) is 1. The maximum absolute atomic E-state index is 11.4. The van der Waals surface area contributed by atoms with E-state index in [1.54, 1.807) is 13.8 Å². The lowest BCUT2D eigenvalue weighted by Crippen LogP contribution is -1.96. The van der Waals surface area contributed by atoms with Crippen LogP contribution in [0.25, 0.3) is 22.8 Å². The number of phenols is 1. The Hall–Kier alpha value is -2.91. The van der Waals surface area contributed by atoms with E-state index in [-0.39, 0.29) is 28.2 Å². The zero-order valence-electron chi connectivity index (χ0n) is 14.3. The summed E-state index contributed by atoms with van der Waals surface area (Å²) in [5, 5.41) is 25.8. The first-order chi connectivity index (χ1) is 12.8. The van der Waals surface area contributed by atoms with Gasteiger partial charge in [-0.1, -0.05) is 28.4 Å². The molecule has 0 aliphatic heterocycles. The highest BCUT2D eigenvalue weighted by atomic mass is 35.5. The van der Waals surface area contributed by atoms with Gasteiger partial charge in [0.2, 0.25) is 11.6 Å². The molecule has 1 N–H and O–H groups in total. The van der Waals surface area contributed by atoms with Crippen LogP contribution in [0.4, 0.5) is 5.69 Å². The van der Waals surface area contributed by atoms with Crippen molar-refractivity contribution >= 4 is 28.9 Å². The number of hydrogen-bond donors (Lipinski definition) is 1. The number of nitro groups is 1. The molecule has 0 fully saturated rings. The highest BCUT2D eigenvalue weighted by Crippen LogP contribution is 2.43. The maximum Gasteiger partial charge on any atom is 0.327 e. The van der Waals surface area contributed by atoms with Crippen LogP contribution in [0.5, 0.6) is 11.5 Å². The molecule has 0 aliphatic carbocycles. The lowest BCUT2D eigenvalue weighted by atomic mass is 10.1. The van der Waals surface area contributed by atoms with Gasteiger partial charge in [-0.25, -0.2) is 4.98 Å². The Morgan fingerprint density at radius 3 is 2.59 bits per heavy atom. The average Bonchev–Trinajstić information content (AvgIpc) is 3.08. The van der Waals surface area contributed by atoms with Crippen molar-refractivity contribution in [3.63, 3.8) is 0 Å².